The standard InChI is InChI=1S/C28H36F3N7O4S/c1-18-21(16-32)43(40,41)36-25(39)20-6-7-22(34-24(20)37-17-19(5-4-12-33-18)15-26(37,2)3)38-13-8-23(35-38)42-14-11-27(9-10-27)28(29,30)31/h6-8,13,16,19,32-33H,4-5,9-12,14-15,17H2,1-3H3,(H,36,39)/b21-18+,32-16?/t19-/m0/s1. The highest BCUT2D eigenvalue weighted by Gasteiger charge is 2.62. The van der Waals surface area contributed by atoms with Crippen molar-refractivity contribution in [1.82, 2.24) is 24.8 Å². The summed E-state index contributed by atoms with van der Waals surface area (Å²) >= 11 is 0. The third kappa shape index (κ3) is 6.22. The number of carbonyl (C=O) groups excluding carboxylic acids is 1. The quantitative estimate of drug-likeness (QED) is 0.405. The van der Waals surface area contributed by atoms with Crippen LogP contribution in [0.3, 0.4) is 0 Å². The summed E-state index contributed by atoms with van der Waals surface area (Å²) in [7, 11) is -4.37. The summed E-state index contributed by atoms with van der Waals surface area (Å²) in [4.78, 5) is 19.9. The van der Waals surface area contributed by atoms with Crippen molar-refractivity contribution >= 4 is 28.0 Å². The van der Waals surface area contributed by atoms with E-state index in [1.54, 1.807) is 13.1 Å². The number of pyridine rings is 1. The van der Waals surface area contributed by atoms with Gasteiger partial charge in [-0.15, -0.1) is 5.10 Å². The van der Waals surface area contributed by atoms with Gasteiger partial charge in [-0.3, -0.25) is 4.79 Å². The van der Waals surface area contributed by atoms with Gasteiger partial charge in [0.25, 0.3) is 15.9 Å². The fourth-order valence-corrected chi connectivity index (χ4v) is 7.06. The van der Waals surface area contributed by atoms with Crippen LogP contribution >= 0.6 is 0 Å². The number of rotatable bonds is 6. The Hall–Kier alpha value is -3.62. The van der Waals surface area contributed by atoms with Crippen molar-refractivity contribution < 1.29 is 31.1 Å². The summed E-state index contributed by atoms with van der Waals surface area (Å²) < 4.78 is 75.0. The van der Waals surface area contributed by atoms with E-state index in [1.807, 2.05) is 18.7 Å². The first-order valence-corrected chi connectivity index (χ1v) is 15.7. The van der Waals surface area contributed by atoms with E-state index in [0.717, 1.165) is 19.3 Å². The fraction of sp³-hybridized carbons (Fsp3) is 0.571. The van der Waals surface area contributed by atoms with Crippen LogP contribution in [0.1, 0.15) is 69.7 Å². The van der Waals surface area contributed by atoms with Crippen LogP contribution in [-0.2, 0) is 10.0 Å². The molecule has 1 atom stereocenters. The highest BCUT2D eigenvalue weighted by molar-refractivity contribution is 7.94. The summed E-state index contributed by atoms with van der Waals surface area (Å²) in [5.41, 5.74) is -1.75. The summed E-state index contributed by atoms with van der Waals surface area (Å²) in [6.45, 7) is 6.63. The SMILES string of the molecule is C/C1=C(/C=N)S(=O)(=O)NC(=O)c2ccc(-n3ccc(OCCC4(C(F)(F)F)CC4)n3)nc2N2C[C@@H](CCCN1)CC2(C)C. The van der Waals surface area contributed by atoms with Gasteiger partial charge >= 0.3 is 6.18 Å². The summed E-state index contributed by atoms with van der Waals surface area (Å²) in [5.74, 6) is 0.149. The van der Waals surface area contributed by atoms with E-state index in [2.05, 4.69) is 15.1 Å². The number of halogens is 3. The number of nitrogens with one attached hydrogen (secondary N) is 3. The Labute approximate surface area is 248 Å². The number of amides is 1. The predicted octanol–water partition coefficient (Wildman–Crippen LogP) is 4.31. The molecule has 234 valence electrons. The molecule has 2 bridgehead atoms. The van der Waals surface area contributed by atoms with Crippen LogP contribution in [0.25, 0.3) is 5.82 Å². The maximum Gasteiger partial charge on any atom is 0.394 e. The second-order valence-electron chi connectivity index (χ2n) is 12.1. The van der Waals surface area contributed by atoms with E-state index in [1.165, 1.54) is 22.9 Å². The van der Waals surface area contributed by atoms with Gasteiger partial charge in [0, 0.05) is 42.8 Å². The third-order valence-corrected chi connectivity index (χ3v) is 10.1. The van der Waals surface area contributed by atoms with E-state index < -0.39 is 33.1 Å². The van der Waals surface area contributed by atoms with Gasteiger partial charge in [-0.2, -0.15) is 13.2 Å². The van der Waals surface area contributed by atoms with Crippen LogP contribution in [0.4, 0.5) is 19.0 Å². The van der Waals surface area contributed by atoms with E-state index in [9.17, 15) is 26.4 Å². The number of hydrogen-bond acceptors (Lipinski definition) is 9. The molecule has 0 radical (unpaired) electrons. The number of nitrogens with zero attached hydrogens (tertiary/aromatic N) is 4. The highest BCUT2D eigenvalue weighted by atomic mass is 32.2. The van der Waals surface area contributed by atoms with E-state index >= 15 is 0 Å². The zero-order valence-corrected chi connectivity index (χ0v) is 25.1. The molecule has 4 heterocycles. The van der Waals surface area contributed by atoms with Gasteiger partial charge < -0.3 is 20.4 Å². The lowest BCUT2D eigenvalue weighted by Crippen LogP contribution is -2.41. The molecule has 1 saturated carbocycles. The normalized spacial score (nSPS) is 24.7. The first-order chi connectivity index (χ1) is 20.2. The molecular formula is C28H36F3N7O4S. The molecule has 0 aromatic carbocycles. The van der Waals surface area contributed by atoms with E-state index in [4.69, 9.17) is 15.1 Å². The van der Waals surface area contributed by atoms with Crippen molar-refractivity contribution in [3.05, 3.63) is 40.6 Å². The summed E-state index contributed by atoms with van der Waals surface area (Å²) in [6.07, 6.45) is 0.545. The molecule has 0 unspecified atom stereocenters. The van der Waals surface area contributed by atoms with Crippen molar-refractivity contribution in [2.75, 3.05) is 24.6 Å². The maximum absolute atomic E-state index is 13.5. The summed E-state index contributed by atoms with van der Waals surface area (Å²) in [5, 5.41) is 15.1. The topological polar surface area (TPSA) is 142 Å². The van der Waals surface area contributed by atoms with Crippen LogP contribution in [0.15, 0.2) is 35.0 Å². The predicted molar refractivity (Wildman–Crippen MR) is 154 cm³/mol. The molecule has 2 aromatic heterocycles. The first kappa shape index (κ1) is 30.8. The summed E-state index contributed by atoms with van der Waals surface area (Å²) in [6, 6.07) is 4.51. The number of aromatic nitrogens is 3. The zero-order chi connectivity index (χ0) is 31.2. The second-order valence-corrected chi connectivity index (χ2v) is 13.8. The number of anilines is 1. The number of ether oxygens (including phenoxy) is 1. The minimum atomic E-state index is -4.37. The van der Waals surface area contributed by atoms with Crippen molar-refractivity contribution in [2.45, 2.75) is 71.0 Å². The molecule has 3 aliphatic rings. The minimum absolute atomic E-state index is 0.0403. The molecule has 1 amide bonds. The molecule has 2 aromatic rings. The Morgan fingerprint density at radius 3 is 2.65 bits per heavy atom. The van der Waals surface area contributed by atoms with Gasteiger partial charge in [0.1, 0.15) is 10.7 Å². The van der Waals surface area contributed by atoms with Crippen molar-refractivity contribution in [3.8, 4) is 11.7 Å². The fourth-order valence-electron chi connectivity index (χ4n) is 5.96. The van der Waals surface area contributed by atoms with Gasteiger partial charge in [-0.1, -0.05) is 0 Å². The van der Waals surface area contributed by atoms with Crippen molar-refractivity contribution in [2.24, 2.45) is 11.3 Å². The third-order valence-electron chi connectivity index (χ3n) is 8.60. The Morgan fingerprint density at radius 1 is 1.23 bits per heavy atom. The average molecular weight is 624 g/mol. The van der Waals surface area contributed by atoms with Crippen LogP contribution in [0.5, 0.6) is 5.88 Å². The van der Waals surface area contributed by atoms with E-state index in [0.29, 0.717) is 31.0 Å². The van der Waals surface area contributed by atoms with Crippen LogP contribution in [0.2, 0.25) is 0 Å². The molecule has 1 aliphatic carbocycles. The number of sulfonamides is 1. The van der Waals surface area contributed by atoms with Crippen molar-refractivity contribution in [1.29, 1.82) is 5.41 Å². The first-order valence-electron chi connectivity index (χ1n) is 14.2. The lowest BCUT2D eigenvalue weighted by molar-refractivity contribution is -0.190. The van der Waals surface area contributed by atoms with Crippen LogP contribution in [-0.4, -0.2) is 66.7 Å². The molecular weight excluding hydrogens is 587 g/mol. The Morgan fingerprint density at radius 2 is 1.98 bits per heavy atom. The number of carbonyl (C=O) groups is 1. The molecule has 0 spiro atoms. The Bertz CT molecular complexity index is 1550. The number of fused-ring (bicyclic) bond motifs is 4. The zero-order valence-electron chi connectivity index (χ0n) is 24.3. The van der Waals surface area contributed by atoms with Gasteiger partial charge in [0.15, 0.2) is 5.82 Å². The Balaban J connectivity index is 1.46. The van der Waals surface area contributed by atoms with Gasteiger partial charge in [-0.25, -0.2) is 22.8 Å². The van der Waals surface area contributed by atoms with Gasteiger partial charge in [0.2, 0.25) is 5.88 Å². The maximum atomic E-state index is 13.5. The monoisotopic (exact) mass is 623 g/mol. The van der Waals surface area contributed by atoms with Gasteiger partial charge in [-0.05, 0) is 77.3 Å². The number of alkyl halides is 3. The largest absolute Gasteiger partial charge is 0.477 e. The van der Waals surface area contributed by atoms with Crippen molar-refractivity contribution in [3.63, 3.8) is 0 Å². The Kier molecular flexibility index (Phi) is 7.99. The van der Waals surface area contributed by atoms with E-state index in [-0.39, 0.29) is 53.7 Å². The lowest BCUT2D eigenvalue weighted by atomic mass is 9.93. The van der Waals surface area contributed by atoms with Crippen LogP contribution < -0.4 is 19.7 Å². The molecule has 15 heteroatoms. The molecule has 2 fully saturated rings. The number of hydrogen-bond donors (Lipinski definition) is 3. The molecule has 2 aliphatic heterocycles. The smallest absolute Gasteiger partial charge is 0.394 e. The van der Waals surface area contributed by atoms with Crippen LogP contribution in [0, 0.1) is 16.7 Å². The molecule has 11 nitrogen and oxygen atoms in total. The molecule has 1 saturated heterocycles. The molecule has 5 rings (SSSR count). The minimum Gasteiger partial charge on any atom is -0.477 e. The second kappa shape index (κ2) is 11.1. The highest BCUT2D eigenvalue weighted by Crippen LogP contribution is 2.59. The lowest BCUT2D eigenvalue weighted by Gasteiger charge is -2.34. The molecule has 3 N–H and O–H groups in total. The molecule has 43 heavy (non-hydrogen) atoms. The van der Waals surface area contributed by atoms with Gasteiger partial charge in [0.05, 0.1) is 17.6 Å². The number of allylic oxidation sites excluding steroid dienone is 2. The average Bonchev–Trinajstić information content (AvgIpc) is 3.46.